The standard InChI is InChI=1S/C30H25ClN2O6/c31-22-14-10-20(11-15-22)27(35)32(33-28(36)24-8-4-5-9-25(24)29(33)37)18-26(34)19-12-16-23(17-13-19)39-30(38)21-6-2-1-3-7-21/h1-3,6-7,10-17,24-25H,4-5,8-9,18H2/t24-,25-/m0/s1. The number of hydrogen-bond donors (Lipinski definition) is 0. The molecule has 0 radical (unpaired) electrons. The van der Waals surface area contributed by atoms with Crippen LogP contribution >= 0.6 is 11.6 Å². The van der Waals surface area contributed by atoms with E-state index in [1.807, 2.05) is 0 Å². The Morgan fingerprint density at radius 1 is 0.769 bits per heavy atom. The lowest BCUT2D eigenvalue weighted by Crippen LogP contribution is -2.52. The number of fused-ring (bicyclic) bond motifs is 1. The van der Waals surface area contributed by atoms with Gasteiger partial charge in [-0.3, -0.25) is 19.2 Å². The number of carbonyl (C=O) groups excluding carboxylic acids is 5. The van der Waals surface area contributed by atoms with Gasteiger partial charge >= 0.3 is 5.97 Å². The van der Waals surface area contributed by atoms with Crippen LogP contribution in [0.4, 0.5) is 0 Å². The van der Waals surface area contributed by atoms with E-state index in [1.54, 1.807) is 30.3 Å². The van der Waals surface area contributed by atoms with E-state index in [2.05, 4.69) is 0 Å². The van der Waals surface area contributed by atoms with E-state index in [0.29, 0.717) is 23.4 Å². The van der Waals surface area contributed by atoms with E-state index in [0.717, 1.165) is 22.9 Å². The largest absolute Gasteiger partial charge is 0.423 e. The summed E-state index contributed by atoms with van der Waals surface area (Å²) < 4.78 is 5.36. The summed E-state index contributed by atoms with van der Waals surface area (Å²) in [6.07, 6.45) is 2.82. The topological polar surface area (TPSA) is 101 Å². The highest BCUT2D eigenvalue weighted by atomic mass is 35.5. The molecule has 1 saturated heterocycles. The van der Waals surface area contributed by atoms with E-state index < -0.39 is 47.9 Å². The molecule has 0 aromatic heterocycles. The Hall–Kier alpha value is -4.30. The van der Waals surface area contributed by atoms with Gasteiger partial charge in [-0.15, -0.1) is 0 Å². The fourth-order valence-corrected chi connectivity index (χ4v) is 5.16. The summed E-state index contributed by atoms with van der Waals surface area (Å²) in [5.41, 5.74) is 0.792. The highest BCUT2D eigenvalue weighted by Crippen LogP contribution is 2.39. The first-order chi connectivity index (χ1) is 18.8. The second kappa shape index (κ2) is 11.2. The van der Waals surface area contributed by atoms with Crippen LogP contribution in [0.25, 0.3) is 0 Å². The van der Waals surface area contributed by atoms with Crippen LogP contribution in [-0.2, 0) is 9.59 Å². The third-order valence-corrected chi connectivity index (χ3v) is 7.33. The quantitative estimate of drug-likeness (QED) is 0.180. The molecular weight excluding hydrogens is 520 g/mol. The number of amides is 3. The van der Waals surface area contributed by atoms with Gasteiger partial charge in [-0.25, -0.2) is 9.80 Å². The number of ether oxygens (including phenoxy) is 1. The minimum absolute atomic E-state index is 0.186. The van der Waals surface area contributed by atoms with Crippen LogP contribution < -0.4 is 4.74 Å². The Labute approximate surface area is 230 Å². The molecule has 3 amide bonds. The maximum atomic E-state index is 13.5. The van der Waals surface area contributed by atoms with Gasteiger partial charge in [0.15, 0.2) is 5.78 Å². The second-order valence-electron chi connectivity index (χ2n) is 9.56. The number of carbonyl (C=O) groups is 5. The zero-order valence-corrected chi connectivity index (χ0v) is 21.7. The molecule has 0 spiro atoms. The Balaban J connectivity index is 1.37. The SMILES string of the molecule is O=C(CN(C(=O)c1ccc(Cl)cc1)N1C(=O)[C@H]2CCCC[C@@H]2C1=O)c1ccc(OC(=O)c2ccccc2)cc1. The van der Waals surface area contributed by atoms with Crippen molar-refractivity contribution in [2.24, 2.45) is 11.8 Å². The summed E-state index contributed by atoms with van der Waals surface area (Å²) in [5.74, 6) is -3.33. The zero-order chi connectivity index (χ0) is 27.5. The van der Waals surface area contributed by atoms with Crippen molar-refractivity contribution in [3.05, 3.63) is 101 Å². The molecule has 2 fully saturated rings. The minimum Gasteiger partial charge on any atom is -0.423 e. The van der Waals surface area contributed by atoms with Crippen molar-refractivity contribution >= 4 is 41.1 Å². The van der Waals surface area contributed by atoms with E-state index in [-0.39, 0.29) is 16.9 Å². The number of imide groups is 1. The average molecular weight is 545 g/mol. The predicted octanol–water partition coefficient (Wildman–Crippen LogP) is 4.97. The zero-order valence-electron chi connectivity index (χ0n) is 20.9. The van der Waals surface area contributed by atoms with E-state index >= 15 is 0 Å². The van der Waals surface area contributed by atoms with Crippen molar-refractivity contribution in [2.45, 2.75) is 25.7 Å². The molecule has 2 aliphatic rings. The number of halogens is 1. The molecular formula is C30H25ClN2O6. The van der Waals surface area contributed by atoms with Crippen molar-refractivity contribution in [3.8, 4) is 5.75 Å². The van der Waals surface area contributed by atoms with Crippen LogP contribution in [0.5, 0.6) is 5.75 Å². The Morgan fingerprint density at radius 3 is 1.92 bits per heavy atom. The third-order valence-electron chi connectivity index (χ3n) is 7.07. The van der Waals surface area contributed by atoms with Gasteiger partial charge in [0.1, 0.15) is 12.3 Å². The maximum Gasteiger partial charge on any atom is 0.343 e. The summed E-state index contributed by atoms with van der Waals surface area (Å²) in [6, 6.07) is 20.4. The van der Waals surface area contributed by atoms with Crippen LogP contribution in [0.2, 0.25) is 5.02 Å². The molecule has 5 rings (SSSR count). The van der Waals surface area contributed by atoms with Crippen molar-refractivity contribution < 1.29 is 28.7 Å². The molecule has 1 heterocycles. The number of benzene rings is 3. The van der Waals surface area contributed by atoms with Gasteiger partial charge in [0.2, 0.25) is 0 Å². The molecule has 2 atom stereocenters. The fourth-order valence-electron chi connectivity index (χ4n) is 5.03. The summed E-state index contributed by atoms with van der Waals surface area (Å²) >= 11 is 5.97. The van der Waals surface area contributed by atoms with E-state index in [9.17, 15) is 24.0 Å². The molecule has 39 heavy (non-hydrogen) atoms. The van der Waals surface area contributed by atoms with Gasteiger partial charge in [0.25, 0.3) is 17.7 Å². The lowest BCUT2D eigenvalue weighted by Gasteiger charge is -2.30. The molecule has 1 aliphatic carbocycles. The predicted molar refractivity (Wildman–Crippen MR) is 142 cm³/mol. The first-order valence-corrected chi connectivity index (χ1v) is 13.1. The summed E-state index contributed by atoms with van der Waals surface area (Å²) in [6.45, 7) is -0.526. The Morgan fingerprint density at radius 2 is 1.33 bits per heavy atom. The Kier molecular flexibility index (Phi) is 7.56. The van der Waals surface area contributed by atoms with Crippen molar-refractivity contribution in [3.63, 3.8) is 0 Å². The molecule has 8 nitrogen and oxygen atoms in total. The monoisotopic (exact) mass is 544 g/mol. The van der Waals surface area contributed by atoms with Gasteiger partial charge < -0.3 is 4.74 Å². The molecule has 0 N–H and O–H groups in total. The number of esters is 1. The number of Topliss-reactive ketones (excluding diaryl/α,β-unsaturated/α-hetero) is 1. The molecule has 198 valence electrons. The van der Waals surface area contributed by atoms with E-state index in [1.165, 1.54) is 48.5 Å². The van der Waals surface area contributed by atoms with Crippen molar-refractivity contribution in [1.82, 2.24) is 10.0 Å². The number of nitrogens with zero attached hydrogens (tertiary/aromatic N) is 2. The highest BCUT2D eigenvalue weighted by Gasteiger charge is 2.51. The first kappa shape index (κ1) is 26.3. The van der Waals surface area contributed by atoms with Gasteiger partial charge in [0, 0.05) is 16.1 Å². The normalized spacial score (nSPS) is 18.4. The van der Waals surface area contributed by atoms with Crippen LogP contribution in [0, 0.1) is 11.8 Å². The summed E-state index contributed by atoms with van der Waals surface area (Å²) in [5, 5.41) is 2.23. The fraction of sp³-hybridized carbons (Fsp3) is 0.233. The second-order valence-corrected chi connectivity index (χ2v) is 9.99. The molecule has 3 aromatic carbocycles. The number of hydrogen-bond acceptors (Lipinski definition) is 6. The molecule has 1 saturated carbocycles. The molecule has 9 heteroatoms. The summed E-state index contributed by atoms with van der Waals surface area (Å²) in [7, 11) is 0. The van der Waals surface area contributed by atoms with Gasteiger partial charge in [-0.1, -0.05) is 42.6 Å². The first-order valence-electron chi connectivity index (χ1n) is 12.7. The molecule has 3 aromatic rings. The summed E-state index contributed by atoms with van der Waals surface area (Å²) in [4.78, 5) is 65.8. The average Bonchev–Trinajstić information content (AvgIpc) is 3.22. The van der Waals surface area contributed by atoms with Crippen molar-refractivity contribution in [2.75, 3.05) is 6.54 Å². The van der Waals surface area contributed by atoms with Crippen LogP contribution in [0.15, 0.2) is 78.9 Å². The molecule has 0 bridgehead atoms. The smallest absolute Gasteiger partial charge is 0.343 e. The van der Waals surface area contributed by atoms with Crippen LogP contribution in [0.1, 0.15) is 56.8 Å². The van der Waals surface area contributed by atoms with Crippen molar-refractivity contribution in [1.29, 1.82) is 0 Å². The highest BCUT2D eigenvalue weighted by molar-refractivity contribution is 6.30. The minimum atomic E-state index is -0.659. The molecule has 1 aliphatic heterocycles. The van der Waals surface area contributed by atoms with Gasteiger partial charge in [0.05, 0.1) is 17.4 Å². The van der Waals surface area contributed by atoms with Crippen LogP contribution in [0.3, 0.4) is 0 Å². The van der Waals surface area contributed by atoms with E-state index in [4.69, 9.17) is 16.3 Å². The maximum absolute atomic E-state index is 13.5. The third kappa shape index (κ3) is 5.47. The van der Waals surface area contributed by atoms with Crippen LogP contribution in [-0.4, -0.2) is 46.0 Å². The number of ketones is 1. The lowest BCUT2D eigenvalue weighted by molar-refractivity contribution is -0.154. The van der Waals surface area contributed by atoms with Gasteiger partial charge in [-0.2, -0.15) is 5.01 Å². The van der Waals surface area contributed by atoms with Gasteiger partial charge in [-0.05, 0) is 73.5 Å². The Bertz CT molecular complexity index is 1400. The number of hydrazine groups is 1. The lowest BCUT2D eigenvalue weighted by atomic mass is 9.81. The number of rotatable bonds is 7. The molecule has 0 unspecified atom stereocenters.